The molecule has 1 saturated heterocycles. The van der Waals surface area contributed by atoms with E-state index in [4.69, 9.17) is 39.7 Å². The number of hydrogen-bond donors (Lipinski definition) is 2. The maximum atomic E-state index is 12.0. The number of halogens is 2. The van der Waals surface area contributed by atoms with E-state index in [9.17, 15) is 4.79 Å². The van der Waals surface area contributed by atoms with E-state index in [1.807, 2.05) is 10.2 Å². The Bertz CT molecular complexity index is 1090. The molecule has 1 aliphatic carbocycles. The van der Waals surface area contributed by atoms with Crippen molar-refractivity contribution in [3.8, 4) is 0 Å². The molecule has 0 radical (unpaired) electrons. The number of nitrogens with one attached hydrogen (secondary N) is 2. The first-order chi connectivity index (χ1) is 17.6. The van der Waals surface area contributed by atoms with Crippen LogP contribution in [0.1, 0.15) is 48.4 Å². The number of amides is 2. The lowest BCUT2D eigenvalue weighted by atomic mass is 9.84. The van der Waals surface area contributed by atoms with Crippen LogP contribution in [0.3, 0.4) is 0 Å². The molecule has 27 heavy (non-hydrogen) atoms. The van der Waals surface area contributed by atoms with Crippen molar-refractivity contribution in [2.45, 2.75) is 37.9 Å². The highest BCUT2D eigenvalue weighted by Crippen LogP contribution is 2.33. The summed E-state index contributed by atoms with van der Waals surface area (Å²) in [6.07, 6.45) is -15.9. The summed E-state index contributed by atoms with van der Waals surface area (Å²) in [6, 6.07) is 0.294. The molecule has 0 atom stereocenters. The molecule has 0 aromatic heterocycles. The van der Waals surface area contributed by atoms with Crippen molar-refractivity contribution in [2.75, 3.05) is 44.6 Å². The van der Waals surface area contributed by atoms with Crippen LogP contribution in [0.5, 0.6) is 0 Å². The normalized spacial score (nSPS) is 43.9. The first-order valence-electron chi connectivity index (χ1n) is 14.5. The van der Waals surface area contributed by atoms with Gasteiger partial charge in [0.2, 0.25) is 0 Å². The van der Waals surface area contributed by atoms with Crippen molar-refractivity contribution >= 4 is 34.9 Å². The van der Waals surface area contributed by atoms with E-state index < -0.39 is 56.4 Å². The van der Waals surface area contributed by atoms with Gasteiger partial charge in [0, 0.05) is 54.3 Å². The second-order valence-electron chi connectivity index (χ2n) is 5.94. The van der Waals surface area contributed by atoms with E-state index in [1.165, 1.54) is 4.90 Å². The number of nitrogens with zero attached hydrogens (tertiary/aromatic N) is 2. The summed E-state index contributed by atoms with van der Waals surface area (Å²) in [6.45, 7) is -2.01. The van der Waals surface area contributed by atoms with Gasteiger partial charge in [-0.2, -0.15) is 0 Å². The fourth-order valence-corrected chi connectivity index (χ4v) is 3.11. The van der Waals surface area contributed by atoms with E-state index in [-0.39, 0.29) is 26.2 Å². The summed E-state index contributed by atoms with van der Waals surface area (Å²) in [7, 11) is 1.10. The molecule has 2 N–H and O–H groups in total. The van der Waals surface area contributed by atoms with E-state index in [1.54, 1.807) is 23.5 Å². The van der Waals surface area contributed by atoms with Crippen LogP contribution in [-0.2, 0) is 0 Å². The van der Waals surface area contributed by atoms with Gasteiger partial charge in [0.15, 0.2) is 0 Å². The summed E-state index contributed by atoms with van der Waals surface area (Å²) < 4.78 is 103. The second-order valence-corrected chi connectivity index (χ2v) is 6.72. The highest BCUT2D eigenvalue weighted by Gasteiger charge is 2.24. The minimum Gasteiger partial charge on any atom is -0.368 e. The Balaban J connectivity index is 1.96. The van der Waals surface area contributed by atoms with Crippen LogP contribution in [0.2, 0.25) is 10.0 Å². The lowest BCUT2D eigenvalue weighted by Crippen LogP contribution is -2.47. The number of hydrogen-bond acceptors (Lipinski definition) is 3. The number of piperazine rings is 1. The number of benzene rings is 1. The van der Waals surface area contributed by atoms with Gasteiger partial charge in [-0.05, 0) is 56.4 Å². The average Bonchev–Trinajstić information content (AvgIpc) is 2.84. The molecule has 1 heterocycles. The molecular formula is C20H30Cl2N4O. The van der Waals surface area contributed by atoms with Crippen molar-refractivity contribution in [1.29, 1.82) is 0 Å². The highest BCUT2D eigenvalue weighted by atomic mass is 35.5. The summed E-state index contributed by atoms with van der Waals surface area (Å²) >= 11 is 12.4. The van der Waals surface area contributed by atoms with Crippen LogP contribution in [0.25, 0.3) is 0 Å². The van der Waals surface area contributed by atoms with E-state index in [0.29, 0.717) is 15.7 Å². The lowest BCUT2D eigenvalue weighted by Gasteiger charge is -2.37. The highest BCUT2D eigenvalue weighted by molar-refractivity contribution is 6.43. The third-order valence-electron chi connectivity index (χ3n) is 4.17. The van der Waals surface area contributed by atoms with Crippen LogP contribution in [0, 0.1) is 5.89 Å². The standard InChI is InChI=1S/C20H30Cl2N4O/c1-23-20(27)24-16-7-5-15(6-8-16)9-10-25-11-13-26(14-12-25)18-4-2-3-17(21)19(18)22/h2-4,15-16H,5-14H2,1H3,(H2,23,24,27)/i5D2,6D2,7D2,8D2,10D2,15D,16D. The molecule has 1 aromatic rings. The first-order valence-corrected chi connectivity index (χ1v) is 9.25. The summed E-state index contributed by atoms with van der Waals surface area (Å²) in [5.74, 6) is -3.38. The minimum absolute atomic E-state index is 0.0400. The molecule has 2 aliphatic rings. The first kappa shape index (κ1) is 10.0. The topological polar surface area (TPSA) is 47.6 Å². The average molecular weight is 425 g/mol. The van der Waals surface area contributed by atoms with E-state index in [2.05, 4.69) is 0 Å². The molecule has 0 bridgehead atoms. The second kappa shape index (κ2) is 9.85. The predicted octanol–water partition coefficient (Wildman–Crippen LogP) is 3.99. The largest absolute Gasteiger partial charge is 0.368 e. The van der Waals surface area contributed by atoms with Crippen molar-refractivity contribution in [1.82, 2.24) is 15.5 Å². The summed E-state index contributed by atoms with van der Waals surface area (Å²) in [5.41, 5.74) is 0.623. The number of carbonyl (C=O) groups excluding carboxylic acids is 1. The van der Waals surface area contributed by atoms with Crippen LogP contribution in [0.15, 0.2) is 18.2 Å². The quantitative estimate of drug-likeness (QED) is 0.750. The van der Waals surface area contributed by atoms with Gasteiger partial charge in [-0.1, -0.05) is 29.3 Å². The third kappa shape index (κ3) is 5.66. The molecule has 1 aromatic carbocycles. The molecule has 1 aliphatic heterocycles. The van der Waals surface area contributed by atoms with Crippen LogP contribution >= 0.6 is 23.2 Å². The number of anilines is 1. The van der Waals surface area contributed by atoms with E-state index >= 15 is 0 Å². The minimum atomic E-state index is -3.68. The van der Waals surface area contributed by atoms with Gasteiger partial charge in [-0.3, -0.25) is 4.90 Å². The molecular weight excluding hydrogens is 383 g/mol. The van der Waals surface area contributed by atoms with Crippen molar-refractivity contribution in [3.63, 3.8) is 0 Å². The van der Waals surface area contributed by atoms with Crippen LogP contribution in [0.4, 0.5) is 10.5 Å². The van der Waals surface area contributed by atoms with Crippen LogP contribution in [-0.4, -0.2) is 56.7 Å². The molecule has 150 valence electrons. The monoisotopic (exact) mass is 424 g/mol. The fourth-order valence-electron chi connectivity index (χ4n) is 2.70. The number of carbonyl (C=O) groups is 1. The van der Waals surface area contributed by atoms with E-state index in [0.717, 1.165) is 7.05 Å². The van der Waals surface area contributed by atoms with Gasteiger partial charge in [0.1, 0.15) is 0 Å². The molecule has 3 rings (SSSR count). The zero-order chi connectivity index (χ0) is 30.0. The van der Waals surface area contributed by atoms with Gasteiger partial charge in [0.25, 0.3) is 0 Å². The Kier molecular flexibility index (Phi) is 3.66. The van der Waals surface area contributed by atoms with Crippen molar-refractivity contribution in [3.05, 3.63) is 28.2 Å². The van der Waals surface area contributed by atoms with Gasteiger partial charge >= 0.3 is 6.03 Å². The summed E-state index contributed by atoms with van der Waals surface area (Å²) in [5, 5.41) is 4.37. The zero-order valence-corrected chi connectivity index (χ0v) is 16.3. The van der Waals surface area contributed by atoms with Gasteiger partial charge in [-0.25, -0.2) is 4.79 Å². The maximum absolute atomic E-state index is 12.0. The molecule has 0 unspecified atom stereocenters. The molecule has 7 heteroatoms. The Morgan fingerprint density at radius 1 is 1.26 bits per heavy atom. The lowest BCUT2D eigenvalue weighted by molar-refractivity contribution is 0.206. The number of urea groups is 1. The Morgan fingerprint density at radius 3 is 2.63 bits per heavy atom. The number of rotatable bonds is 5. The fraction of sp³-hybridized carbons (Fsp3) is 0.650. The zero-order valence-electron chi connectivity index (χ0n) is 26.8. The van der Waals surface area contributed by atoms with Gasteiger partial charge < -0.3 is 15.5 Å². The smallest absolute Gasteiger partial charge is 0.314 e. The SMILES string of the molecule is [2H]C([2H])(CC1([2H])C([2H])([2H])C([2H])([2H])C([2H])(NC(=O)NC)C([2H])([2H])C1([2H])[2H])N1CCN(c2cccc(Cl)c2Cl)CC1. The van der Waals surface area contributed by atoms with Crippen LogP contribution < -0.4 is 15.5 Å². The Hall–Kier alpha value is -1.17. The van der Waals surface area contributed by atoms with Crippen molar-refractivity contribution in [2.24, 2.45) is 5.89 Å². The molecule has 1 saturated carbocycles. The van der Waals surface area contributed by atoms with Gasteiger partial charge in [0.05, 0.1) is 17.1 Å². The molecule has 5 nitrogen and oxygen atoms in total. The third-order valence-corrected chi connectivity index (χ3v) is 4.98. The molecule has 2 amide bonds. The maximum Gasteiger partial charge on any atom is 0.314 e. The Morgan fingerprint density at radius 2 is 1.96 bits per heavy atom. The Labute approximate surface area is 189 Å². The van der Waals surface area contributed by atoms with Crippen molar-refractivity contribution < 1.29 is 21.2 Å². The summed E-state index contributed by atoms with van der Waals surface area (Å²) in [4.78, 5) is 15.1. The molecule has 0 spiro atoms. The molecule has 2 fully saturated rings. The van der Waals surface area contributed by atoms with Gasteiger partial charge in [-0.15, -0.1) is 0 Å². The predicted molar refractivity (Wildman–Crippen MR) is 113 cm³/mol.